The topological polar surface area (TPSA) is 44.5 Å². The maximum atomic E-state index is 13.7. The Hall–Kier alpha value is -1.45. The van der Waals surface area contributed by atoms with Gasteiger partial charge < -0.3 is 15.2 Å². The second-order valence-electron chi connectivity index (χ2n) is 5.80. The van der Waals surface area contributed by atoms with Gasteiger partial charge in [0.25, 0.3) is 0 Å². The third-order valence-electron chi connectivity index (χ3n) is 3.63. The molecule has 0 radical (unpaired) electrons. The van der Waals surface area contributed by atoms with E-state index in [1.165, 1.54) is 38.2 Å². The molecular formula is C16H24FNO2. The molecule has 2 N–H and O–H groups in total. The van der Waals surface area contributed by atoms with Crippen LogP contribution in [0.3, 0.4) is 0 Å². The van der Waals surface area contributed by atoms with Crippen molar-refractivity contribution >= 4 is 5.69 Å². The Bertz CT molecular complexity index is 442. The van der Waals surface area contributed by atoms with E-state index >= 15 is 0 Å². The van der Waals surface area contributed by atoms with Crippen LogP contribution in [0.4, 0.5) is 10.1 Å². The van der Waals surface area contributed by atoms with Crippen molar-refractivity contribution in [1.82, 2.24) is 0 Å². The maximum Gasteiger partial charge on any atom is 0.167 e. The third-order valence-corrected chi connectivity index (χ3v) is 3.63. The fraction of sp³-hybridized carbons (Fsp3) is 0.625. The summed E-state index contributed by atoms with van der Waals surface area (Å²) in [5, 5.41) is 0. The summed E-state index contributed by atoms with van der Waals surface area (Å²) < 4.78 is 24.9. The molecule has 1 aromatic carbocycles. The van der Waals surface area contributed by atoms with E-state index in [0.29, 0.717) is 24.0 Å². The van der Waals surface area contributed by atoms with Crippen LogP contribution in [0.5, 0.6) is 11.5 Å². The molecule has 0 atom stereocenters. The second kappa shape index (κ2) is 6.82. The minimum Gasteiger partial charge on any atom is -0.491 e. The van der Waals surface area contributed by atoms with E-state index in [0.717, 1.165) is 0 Å². The molecule has 112 valence electrons. The van der Waals surface area contributed by atoms with Gasteiger partial charge in [-0.05, 0) is 32.6 Å². The molecular weight excluding hydrogens is 257 g/mol. The number of ether oxygens (including phenoxy) is 2. The van der Waals surface area contributed by atoms with Crippen molar-refractivity contribution in [2.45, 2.75) is 52.1 Å². The van der Waals surface area contributed by atoms with Crippen LogP contribution < -0.4 is 15.2 Å². The highest BCUT2D eigenvalue weighted by Crippen LogP contribution is 2.32. The zero-order valence-corrected chi connectivity index (χ0v) is 12.3. The Morgan fingerprint density at radius 2 is 1.90 bits per heavy atom. The molecule has 1 aliphatic carbocycles. The number of halogens is 1. The van der Waals surface area contributed by atoms with Crippen LogP contribution >= 0.6 is 0 Å². The summed E-state index contributed by atoms with van der Waals surface area (Å²) >= 11 is 0. The molecule has 3 nitrogen and oxygen atoms in total. The molecule has 1 fully saturated rings. The predicted octanol–water partition coefficient (Wildman–Crippen LogP) is 4.15. The van der Waals surface area contributed by atoms with Crippen LogP contribution in [-0.2, 0) is 0 Å². The smallest absolute Gasteiger partial charge is 0.167 e. The van der Waals surface area contributed by atoms with Gasteiger partial charge in [-0.25, -0.2) is 4.39 Å². The molecule has 0 bridgehead atoms. The Balaban J connectivity index is 2.02. The van der Waals surface area contributed by atoms with E-state index in [4.69, 9.17) is 15.2 Å². The maximum absolute atomic E-state index is 13.7. The van der Waals surface area contributed by atoms with Crippen molar-refractivity contribution in [3.05, 3.63) is 17.9 Å². The number of hydrogen-bond donors (Lipinski definition) is 1. The van der Waals surface area contributed by atoms with Crippen molar-refractivity contribution in [2.75, 3.05) is 12.3 Å². The largest absolute Gasteiger partial charge is 0.491 e. The monoisotopic (exact) mass is 281 g/mol. The number of nitrogens with two attached hydrogens (primary N) is 1. The Morgan fingerprint density at radius 1 is 1.20 bits per heavy atom. The SMILES string of the molecule is CC(C)Oc1cc(OCC2CCCCC2)c(N)cc1F. The van der Waals surface area contributed by atoms with E-state index in [9.17, 15) is 4.39 Å². The van der Waals surface area contributed by atoms with Gasteiger partial charge in [-0.2, -0.15) is 0 Å². The molecule has 0 spiro atoms. The fourth-order valence-corrected chi connectivity index (χ4v) is 2.58. The van der Waals surface area contributed by atoms with E-state index < -0.39 is 5.82 Å². The number of rotatable bonds is 5. The lowest BCUT2D eigenvalue weighted by Crippen LogP contribution is -2.16. The lowest BCUT2D eigenvalue weighted by molar-refractivity contribution is 0.205. The Morgan fingerprint density at radius 3 is 2.55 bits per heavy atom. The summed E-state index contributed by atoms with van der Waals surface area (Å²) in [4.78, 5) is 0. The Labute approximate surface area is 120 Å². The molecule has 0 amide bonds. The lowest BCUT2D eigenvalue weighted by Gasteiger charge is -2.22. The van der Waals surface area contributed by atoms with Crippen molar-refractivity contribution in [3.8, 4) is 11.5 Å². The van der Waals surface area contributed by atoms with E-state index in [-0.39, 0.29) is 11.9 Å². The van der Waals surface area contributed by atoms with Gasteiger partial charge in [0.1, 0.15) is 5.75 Å². The van der Waals surface area contributed by atoms with Gasteiger partial charge >= 0.3 is 0 Å². The summed E-state index contributed by atoms with van der Waals surface area (Å²) in [5.41, 5.74) is 6.14. The van der Waals surface area contributed by atoms with Gasteiger partial charge in [-0.1, -0.05) is 19.3 Å². The quantitative estimate of drug-likeness (QED) is 0.824. The number of hydrogen-bond acceptors (Lipinski definition) is 3. The highest BCUT2D eigenvalue weighted by atomic mass is 19.1. The van der Waals surface area contributed by atoms with Gasteiger partial charge in [0.05, 0.1) is 18.4 Å². The zero-order chi connectivity index (χ0) is 14.5. The summed E-state index contributed by atoms with van der Waals surface area (Å²) in [5.74, 6) is 0.865. The molecule has 20 heavy (non-hydrogen) atoms. The zero-order valence-electron chi connectivity index (χ0n) is 12.3. The highest BCUT2D eigenvalue weighted by Gasteiger charge is 2.16. The molecule has 4 heteroatoms. The van der Waals surface area contributed by atoms with Crippen molar-refractivity contribution in [3.63, 3.8) is 0 Å². The highest BCUT2D eigenvalue weighted by molar-refractivity contribution is 5.56. The average Bonchev–Trinajstić information content (AvgIpc) is 2.41. The summed E-state index contributed by atoms with van der Waals surface area (Å²) in [7, 11) is 0. The predicted molar refractivity (Wildman–Crippen MR) is 78.6 cm³/mol. The molecule has 0 unspecified atom stereocenters. The minimum atomic E-state index is -0.443. The van der Waals surface area contributed by atoms with Gasteiger partial charge in [-0.15, -0.1) is 0 Å². The van der Waals surface area contributed by atoms with Crippen LogP contribution in [0.2, 0.25) is 0 Å². The second-order valence-corrected chi connectivity index (χ2v) is 5.80. The van der Waals surface area contributed by atoms with Crippen molar-refractivity contribution < 1.29 is 13.9 Å². The summed E-state index contributed by atoms with van der Waals surface area (Å²) in [6.45, 7) is 4.37. The van der Waals surface area contributed by atoms with E-state index in [1.807, 2.05) is 13.8 Å². The minimum absolute atomic E-state index is 0.0840. The first-order valence-electron chi connectivity index (χ1n) is 7.44. The standard InChI is InChI=1S/C16H24FNO2/c1-11(2)20-15-9-16(14(18)8-13(15)17)19-10-12-6-4-3-5-7-12/h8-9,11-12H,3-7,10,18H2,1-2H3. The first kappa shape index (κ1) is 14.9. The van der Waals surface area contributed by atoms with Crippen molar-refractivity contribution in [1.29, 1.82) is 0 Å². The number of anilines is 1. The normalized spacial score (nSPS) is 16.4. The van der Waals surface area contributed by atoms with Crippen LogP contribution in [-0.4, -0.2) is 12.7 Å². The number of benzene rings is 1. The molecule has 1 saturated carbocycles. The van der Waals surface area contributed by atoms with Crippen LogP contribution in [0.15, 0.2) is 12.1 Å². The molecule has 1 aromatic rings. The lowest BCUT2D eigenvalue weighted by atomic mass is 9.90. The Kier molecular flexibility index (Phi) is 5.10. The van der Waals surface area contributed by atoms with Gasteiger partial charge in [0, 0.05) is 12.1 Å². The molecule has 0 heterocycles. The van der Waals surface area contributed by atoms with Gasteiger partial charge in [0.15, 0.2) is 11.6 Å². The average molecular weight is 281 g/mol. The van der Waals surface area contributed by atoms with E-state index in [2.05, 4.69) is 0 Å². The van der Waals surface area contributed by atoms with Crippen LogP contribution in [0, 0.1) is 11.7 Å². The molecule has 0 aromatic heterocycles. The van der Waals surface area contributed by atoms with E-state index in [1.54, 1.807) is 6.07 Å². The first-order valence-corrected chi connectivity index (χ1v) is 7.44. The van der Waals surface area contributed by atoms with Gasteiger partial charge in [-0.3, -0.25) is 0 Å². The molecule has 0 aliphatic heterocycles. The summed E-state index contributed by atoms with van der Waals surface area (Å²) in [6, 6.07) is 2.83. The molecule has 2 rings (SSSR count). The molecule has 1 aliphatic rings. The first-order chi connectivity index (χ1) is 9.56. The molecule has 0 saturated heterocycles. The van der Waals surface area contributed by atoms with Crippen LogP contribution in [0.1, 0.15) is 46.0 Å². The van der Waals surface area contributed by atoms with Crippen LogP contribution in [0.25, 0.3) is 0 Å². The van der Waals surface area contributed by atoms with Gasteiger partial charge in [0.2, 0.25) is 0 Å². The summed E-state index contributed by atoms with van der Waals surface area (Å²) in [6.07, 6.45) is 6.19. The number of nitrogen functional groups attached to an aromatic ring is 1. The third kappa shape index (κ3) is 4.02. The fourth-order valence-electron chi connectivity index (χ4n) is 2.58. The van der Waals surface area contributed by atoms with Crippen molar-refractivity contribution in [2.24, 2.45) is 5.92 Å².